The van der Waals surface area contributed by atoms with Crippen molar-refractivity contribution in [3.63, 3.8) is 0 Å². The number of fused-ring (bicyclic) bond motifs is 1. The van der Waals surface area contributed by atoms with E-state index < -0.39 is 0 Å². The summed E-state index contributed by atoms with van der Waals surface area (Å²) in [5.74, 6) is 1.36. The summed E-state index contributed by atoms with van der Waals surface area (Å²) in [7, 11) is 1.65. The number of aromatic nitrogens is 2. The molecule has 0 spiro atoms. The molecule has 0 saturated heterocycles. The van der Waals surface area contributed by atoms with E-state index in [4.69, 9.17) is 14.7 Å². The van der Waals surface area contributed by atoms with Crippen LogP contribution < -0.4 is 10.3 Å². The van der Waals surface area contributed by atoms with Crippen LogP contribution in [0, 0.1) is 11.3 Å². The average Bonchev–Trinajstić information content (AvgIpc) is 2.73. The third-order valence-electron chi connectivity index (χ3n) is 4.12. The van der Waals surface area contributed by atoms with Crippen LogP contribution in [0.4, 0.5) is 0 Å². The van der Waals surface area contributed by atoms with Gasteiger partial charge >= 0.3 is 0 Å². The van der Waals surface area contributed by atoms with E-state index in [0.717, 1.165) is 6.42 Å². The summed E-state index contributed by atoms with van der Waals surface area (Å²) in [5, 5.41) is 10.1. The Labute approximate surface area is 167 Å². The van der Waals surface area contributed by atoms with E-state index in [0.29, 0.717) is 52.9 Å². The quantitative estimate of drug-likeness (QED) is 0.314. The summed E-state index contributed by atoms with van der Waals surface area (Å²) < 4.78 is 12.5. The minimum absolute atomic E-state index is 0.0304. The predicted molar refractivity (Wildman–Crippen MR) is 110 cm³/mol. The zero-order valence-corrected chi connectivity index (χ0v) is 16.4. The lowest BCUT2D eigenvalue weighted by Crippen LogP contribution is -2.24. The normalized spacial score (nSPS) is 10.7. The Hall–Kier alpha value is -2.82. The molecule has 0 atom stereocenters. The molecule has 7 heteroatoms. The molecule has 0 radical (unpaired) electrons. The van der Waals surface area contributed by atoms with Gasteiger partial charge in [0.25, 0.3) is 5.56 Å². The maximum Gasteiger partial charge on any atom is 0.262 e. The molecule has 0 bridgehead atoms. The molecule has 2 aromatic carbocycles. The maximum absolute atomic E-state index is 12.9. The third-order valence-corrected chi connectivity index (χ3v) is 5.06. The van der Waals surface area contributed by atoms with Gasteiger partial charge in [-0.3, -0.25) is 9.36 Å². The van der Waals surface area contributed by atoms with E-state index in [2.05, 4.69) is 11.1 Å². The number of benzene rings is 2. The molecule has 0 unspecified atom stereocenters. The standard InChI is InChI=1S/C21H21N3O3S/c1-26-12-4-11-24-20(25)18-5-2-3-6-19(18)23-21(24)28-14-13-27-17-9-7-16(15-22)8-10-17/h2-3,5-10H,4,11-14H2,1H3. The summed E-state index contributed by atoms with van der Waals surface area (Å²) in [6.07, 6.45) is 0.742. The van der Waals surface area contributed by atoms with Gasteiger partial charge in [0.1, 0.15) is 5.75 Å². The van der Waals surface area contributed by atoms with Crippen molar-refractivity contribution in [1.82, 2.24) is 9.55 Å². The molecular weight excluding hydrogens is 374 g/mol. The number of methoxy groups -OCH3 is 1. The second kappa shape index (κ2) is 9.93. The van der Waals surface area contributed by atoms with E-state index >= 15 is 0 Å². The molecule has 0 aliphatic rings. The Morgan fingerprint density at radius 3 is 2.68 bits per heavy atom. The van der Waals surface area contributed by atoms with E-state index in [1.807, 2.05) is 18.2 Å². The fourth-order valence-corrected chi connectivity index (χ4v) is 3.58. The van der Waals surface area contributed by atoms with Gasteiger partial charge in [0.05, 0.1) is 29.1 Å². The molecule has 0 amide bonds. The fourth-order valence-electron chi connectivity index (χ4n) is 2.74. The highest BCUT2D eigenvalue weighted by Gasteiger charge is 2.11. The van der Waals surface area contributed by atoms with Gasteiger partial charge < -0.3 is 9.47 Å². The first-order valence-corrected chi connectivity index (χ1v) is 9.96. The molecule has 3 aromatic rings. The van der Waals surface area contributed by atoms with E-state index in [1.165, 1.54) is 11.8 Å². The Morgan fingerprint density at radius 1 is 1.14 bits per heavy atom. The highest BCUT2D eigenvalue weighted by atomic mass is 32.2. The van der Waals surface area contributed by atoms with Gasteiger partial charge in [-0.2, -0.15) is 5.26 Å². The van der Waals surface area contributed by atoms with E-state index in [-0.39, 0.29) is 5.56 Å². The van der Waals surface area contributed by atoms with Crippen molar-refractivity contribution in [2.75, 3.05) is 26.1 Å². The lowest BCUT2D eigenvalue weighted by molar-refractivity contribution is 0.189. The first kappa shape index (κ1) is 19.9. The van der Waals surface area contributed by atoms with Crippen molar-refractivity contribution in [2.45, 2.75) is 18.1 Å². The van der Waals surface area contributed by atoms with Crippen LogP contribution >= 0.6 is 11.8 Å². The highest BCUT2D eigenvalue weighted by Crippen LogP contribution is 2.19. The number of ether oxygens (including phenoxy) is 2. The SMILES string of the molecule is COCCCn1c(SCCOc2ccc(C#N)cc2)nc2ccccc2c1=O. The van der Waals surface area contributed by atoms with Crippen molar-refractivity contribution in [1.29, 1.82) is 5.26 Å². The van der Waals surface area contributed by atoms with Crippen molar-refractivity contribution in [2.24, 2.45) is 0 Å². The number of para-hydroxylation sites is 1. The molecule has 0 N–H and O–H groups in total. The Bertz CT molecular complexity index is 1030. The van der Waals surface area contributed by atoms with Crippen LogP contribution in [0.5, 0.6) is 5.75 Å². The van der Waals surface area contributed by atoms with Gasteiger partial charge in [-0.25, -0.2) is 4.98 Å². The smallest absolute Gasteiger partial charge is 0.262 e. The predicted octanol–water partition coefficient (Wildman–Crippen LogP) is 3.48. The summed E-state index contributed by atoms with van der Waals surface area (Å²) in [6.45, 7) is 1.62. The summed E-state index contributed by atoms with van der Waals surface area (Å²) in [6, 6.07) is 16.5. The molecule has 3 rings (SSSR count). The van der Waals surface area contributed by atoms with Crippen molar-refractivity contribution < 1.29 is 9.47 Å². The zero-order valence-electron chi connectivity index (χ0n) is 15.6. The van der Waals surface area contributed by atoms with Crippen LogP contribution in [-0.4, -0.2) is 35.6 Å². The minimum atomic E-state index is -0.0304. The molecule has 1 aromatic heterocycles. The van der Waals surface area contributed by atoms with Gasteiger partial charge in [-0.05, 0) is 42.8 Å². The highest BCUT2D eigenvalue weighted by molar-refractivity contribution is 7.99. The second-order valence-corrected chi connectivity index (χ2v) is 7.11. The molecule has 0 aliphatic heterocycles. The van der Waals surface area contributed by atoms with E-state index in [1.54, 1.807) is 42.0 Å². The molecule has 144 valence electrons. The molecule has 0 aliphatic carbocycles. The van der Waals surface area contributed by atoms with Gasteiger partial charge in [0, 0.05) is 26.0 Å². The number of thioether (sulfide) groups is 1. The molecular formula is C21H21N3O3S. The zero-order chi connectivity index (χ0) is 19.8. The van der Waals surface area contributed by atoms with Crippen molar-refractivity contribution in [3.05, 3.63) is 64.4 Å². The van der Waals surface area contributed by atoms with Crippen molar-refractivity contribution in [3.8, 4) is 11.8 Å². The third kappa shape index (κ3) is 4.91. The van der Waals surface area contributed by atoms with Crippen LogP contribution in [-0.2, 0) is 11.3 Å². The monoisotopic (exact) mass is 395 g/mol. The molecule has 0 fully saturated rings. The molecule has 28 heavy (non-hydrogen) atoms. The Kier molecular flexibility index (Phi) is 7.06. The second-order valence-electron chi connectivity index (χ2n) is 6.05. The Balaban J connectivity index is 1.70. The summed E-state index contributed by atoms with van der Waals surface area (Å²) >= 11 is 1.49. The van der Waals surface area contributed by atoms with Crippen molar-refractivity contribution >= 4 is 22.7 Å². The number of rotatable bonds is 9. The van der Waals surface area contributed by atoms with Gasteiger partial charge in [0.2, 0.25) is 0 Å². The summed E-state index contributed by atoms with van der Waals surface area (Å²) in [4.78, 5) is 17.5. The number of nitrogens with zero attached hydrogens (tertiary/aromatic N) is 3. The number of hydrogen-bond donors (Lipinski definition) is 0. The number of nitriles is 1. The topological polar surface area (TPSA) is 77.1 Å². The first-order valence-electron chi connectivity index (χ1n) is 8.97. The summed E-state index contributed by atoms with van der Waals surface area (Å²) in [5.41, 5.74) is 1.27. The van der Waals surface area contributed by atoms with Gasteiger partial charge in [0.15, 0.2) is 5.16 Å². The Morgan fingerprint density at radius 2 is 1.93 bits per heavy atom. The maximum atomic E-state index is 12.9. The van der Waals surface area contributed by atoms with Crippen LogP contribution in [0.15, 0.2) is 58.5 Å². The number of hydrogen-bond acceptors (Lipinski definition) is 6. The lowest BCUT2D eigenvalue weighted by atomic mass is 10.2. The van der Waals surface area contributed by atoms with Crippen LogP contribution in [0.25, 0.3) is 10.9 Å². The molecule has 0 saturated carbocycles. The largest absolute Gasteiger partial charge is 0.493 e. The van der Waals surface area contributed by atoms with Crippen LogP contribution in [0.2, 0.25) is 0 Å². The van der Waals surface area contributed by atoms with E-state index in [9.17, 15) is 4.79 Å². The molecule has 6 nitrogen and oxygen atoms in total. The average molecular weight is 395 g/mol. The minimum Gasteiger partial charge on any atom is -0.493 e. The van der Waals surface area contributed by atoms with Crippen LogP contribution in [0.1, 0.15) is 12.0 Å². The van der Waals surface area contributed by atoms with Crippen LogP contribution in [0.3, 0.4) is 0 Å². The fraction of sp³-hybridized carbons (Fsp3) is 0.286. The first-order chi connectivity index (χ1) is 13.7. The lowest BCUT2D eigenvalue weighted by Gasteiger charge is -2.13. The van der Waals surface area contributed by atoms with Gasteiger partial charge in [-0.1, -0.05) is 23.9 Å². The van der Waals surface area contributed by atoms with Gasteiger partial charge in [-0.15, -0.1) is 0 Å². The molecule has 1 heterocycles.